The zero-order valence-electron chi connectivity index (χ0n) is 12.3. The van der Waals surface area contributed by atoms with Crippen molar-refractivity contribution in [2.75, 3.05) is 11.5 Å². The van der Waals surface area contributed by atoms with E-state index in [2.05, 4.69) is 14.7 Å². The van der Waals surface area contributed by atoms with Gasteiger partial charge in [-0.3, -0.25) is 0 Å². The quantitative estimate of drug-likeness (QED) is 0.886. The van der Waals surface area contributed by atoms with Gasteiger partial charge in [0.2, 0.25) is 5.95 Å². The summed E-state index contributed by atoms with van der Waals surface area (Å²) in [7, 11) is 0. The van der Waals surface area contributed by atoms with Crippen molar-refractivity contribution < 1.29 is 17.9 Å². The van der Waals surface area contributed by atoms with E-state index in [-0.39, 0.29) is 23.5 Å². The third kappa shape index (κ3) is 3.01. The van der Waals surface area contributed by atoms with Gasteiger partial charge in [-0.1, -0.05) is 19.1 Å². The van der Waals surface area contributed by atoms with Crippen LogP contribution < -0.4 is 16.2 Å². The molecule has 2 atom stereocenters. The Kier molecular flexibility index (Phi) is 3.54. The van der Waals surface area contributed by atoms with Crippen molar-refractivity contribution in [2.45, 2.75) is 31.5 Å². The summed E-state index contributed by atoms with van der Waals surface area (Å²) in [4.78, 5) is 8.26. The number of hydrogen-bond donors (Lipinski definition) is 2. The number of anilines is 2. The summed E-state index contributed by atoms with van der Waals surface area (Å²) in [5.74, 6) is 0.278. The van der Waals surface area contributed by atoms with Crippen LogP contribution in [0.25, 0.3) is 0 Å². The first-order chi connectivity index (χ1) is 10.7. The molecular weight excluding hydrogens is 309 g/mol. The van der Waals surface area contributed by atoms with Crippen molar-refractivity contribution in [3.8, 4) is 5.75 Å². The zero-order chi connectivity index (χ0) is 16.8. The average Bonchev–Trinajstić information content (AvgIpc) is 2.75. The lowest BCUT2D eigenvalue weighted by Gasteiger charge is -2.13. The van der Waals surface area contributed by atoms with E-state index >= 15 is 0 Å². The van der Waals surface area contributed by atoms with Crippen LogP contribution in [0, 0.1) is 0 Å². The highest BCUT2D eigenvalue weighted by atomic mass is 19.4. The second kappa shape index (κ2) is 5.29. The molecule has 0 aliphatic heterocycles. The molecule has 1 aliphatic carbocycles. The lowest BCUT2D eigenvalue weighted by molar-refractivity contribution is -0.274. The number of fused-ring (bicyclic) bond motifs is 1. The molecule has 122 valence electrons. The fraction of sp³-hybridized carbons (Fsp3) is 0.333. The van der Waals surface area contributed by atoms with Gasteiger partial charge in [-0.25, -0.2) is 4.98 Å². The molecule has 1 heterocycles. The number of ether oxygens (including phenoxy) is 1. The lowest BCUT2D eigenvalue weighted by atomic mass is 9.95. The molecule has 23 heavy (non-hydrogen) atoms. The first-order valence-electron chi connectivity index (χ1n) is 7.03. The Labute approximate surface area is 130 Å². The minimum Gasteiger partial charge on any atom is -0.406 e. The van der Waals surface area contributed by atoms with Crippen molar-refractivity contribution in [3.63, 3.8) is 0 Å². The number of nitrogens with two attached hydrogens (primary N) is 2. The lowest BCUT2D eigenvalue weighted by Crippen LogP contribution is -2.17. The van der Waals surface area contributed by atoms with Gasteiger partial charge in [-0.05, 0) is 30.0 Å². The van der Waals surface area contributed by atoms with Crippen molar-refractivity contribution in [3.05, 3.63) is 41.1 Å². The Morgan fingerprint density at radius 1 is 1.13 bits per heavy atom. The molecule has 0 fully saturated rings. The van der Waals surface area contributed by atoms with Crippen LogP contribution in [0.2, 0.25) is 0 Å². The molecule has 0 radical (unpaired) electrons. The first kappa shape index (κ1) is 15.4. The van der Waals surface area contributed by atoms with E-state index in [1.165, 1.54) is 12.1 Å². The maximum absolute atomic E-state index is 12.2. The van der Waals surface area contributed by atoms with Gasteiger partial charge in [0.05, 0.1) is 5.69 Å². The zero-order valence-corrected chi connectivity index (χ0v) is 12.3. The molecular formula is C15H15F3N4O. The number of rotatable bonds is 2. The van der Waals surface area contributed by atoms with E-state index in [0.717, 1.165) is 23.2 Å². The smallest absolute Gasteiger partial charge is 0.406 e. The number of benzene rings is 1. The summed E-state index contributed by atoms with van der Waals surface area (Å²) < 4.78 is 40.5. The second-order valence-electron chi connectivity index (χ2n) is 5.57. The monoisotopic (exact) mass is 324 g/mol. The summed E-state index contributed by atoms with van der Waals surface area (Å²) in [5.41, 5.74) is 14.0. The predicted molar refractivity (Wildman–Crippen MR) is 78.9 cm³/mol. The van der Waals surface area contributed by atoms with Crippen molar-refractivity contribution in [2.24, 2.45) is 0 Å². The molecule has 2 aromatic rings. The van der Waals surface area contributed by atoms with Gasteiger partial charge in [0.1, 0.15) is 11.6 Å². The van der Waals surface area contributed by atoms with Crippen LogP contribution in [-0.2, 0) is 0 Å². The van der Waals surface area contributed by atoms with Crippen LogP contribution in [0.4, 0.5) is 24.9 Å². The fourth-order valence-corrected chi connectivity index (χ4v) is 3.07. The van der Waals surface area contributed by atoms with E-state index in [9.17, 15) is 13.2 Å². The Hall–Kier alpha value is -2.51. The number of nitrogens with zero attached hydrogens (tertiary/aromatic N) is 2. The van der Waals surface area contributed by atoms with Gasteiger partial charge in [0.25, 0.3) is 0 Å². The van der Waals surface area contributed by atoms with Crippen LogP contribution in [0.1, 0.15) is 42.0 Å². The molecule has 0 bridgehead atoms. The van der Waals surface area contributed by atoms with Crippen molar-refractivity contribution in [1.29, 1.82) is 0 Å². The van der Waals surface area contributed by atoms with Crippen LogP contribution in [0.15, 0.2) is 24.3 Å². The molecule has 1 aromatic heterocycles. The standard InChI is InChI=1S/C15H15F3N4O/c1-7-6-10(12-11(7)13(19)22-14(20)21-12)8-2-4-9(5-3-8)23-15(16,17)18/h2-5,7,10H,6H2,1H3,(H4,19,20,21,22). The Bertz CT molecular complexity index is 731. The van der Waals surface area contributed by atoms with E-state index in [1.807, 2.05) is 6.92 Å². The maximum atomic E-state index is 12.2. The summed E-state index contributed by atoms with van der Waals surface area (Å²) in [6.45, 7) is 2.01. The molecule has 1 aromatic carbocycles. The molecule has 2 unspecified atom stereocenters. The third-order valence-corrected chi connectivity index (χ3v) is 3.95. The van der Waals surface area contributed by atoms with Crippen LogP contribution in [0.5, 0.6) is 5.75 Å². The number of hydrogen-bond acceptors (Lipinski definition) is 5. The topological polar surface area (TPSA) is 87.0 Å². The van der Waals surface area contributed by atoms with Gasteiger partial charge < -0.3 is 16.2 Å². The van der Waals surface area contributed by atoms with Crippen LogP contribution >= 0.6 is 0 Å². The van der Waals surface area contributed by atoms with Gasteiger partial charge in [-0.15, -0.1) is 13.2 Å². The van der Waals surface area contributed by atoms with E-state index in [0.29, 0.717) is 5.82 Å². The summed E-state index contributed by atoms with van der Waals surface area (Å²) >= 11 is 0. The largest absolute Gasteiger partial charge is 0.573 e. The van der Waals surface area contributed by atoms with Gasteiger partial charge >= 0.3 is 6.36 Å². The molecule has 0 saturated heterocycles. The van der Waals surface area contributed by atoms with Gasteiger partial charge in [0.15, 0.2) is 0 Å². The molecule has 5 nitrogen and oxygen atoms in total. The fourth-order valence-electron chi connectivity index (χ4n) is 3.07. The SMILES string of the molecule is CC1CC(c2ccc(OC(F)(F)F)cc2)c2nc(N)nc(N)c21. The first-order valence-corrected chi connectivity index (χ1v) is 7.03. The van der Waals surface area contributed by atoms with Crippen molar-refractivity contribution >= 4 is 11.8 Å². The molecule has 0 saturated carbocycles. The Balaban J connectivity index is 1.93. The summed E-state index contributed by atoms with van der Waals surface area (Å²) in [5, 5.41) is 0. The van der Waals surface area contributed by atoms with E-state index in [4.69, 9.17) is 11.5 Å². The summed E-state index contributed by atoms with van der Waals surface area (Å²) in [6.07, 6.45) is -3.96. The van der Waals surface area contributed by atoms with Gasteiger partial charge in [-0.2, -0.15) is 4.98 Å². The van der Waals surface area contributed by atoms with Crippen LogP contribution in [-0.4, -0.2) is 16.3 Å². The highest BCUT2D eigenvalue weighted by Crippen LogP contribution is 2.46. The molecule has 0 amide bonds. The second-order valence-corrected chi connectivity index (χ2v) is 5.57. The molecule has 8 heteroatoms. The number of alkyl halides is 3. The Morgan fingerprint density at radius 3 is 2.39 bits per heavy atom. The minimum absolute atomic E-state index is 0.0764. The highest BCUT2D eigenvalue weighted by Gasteiger charge is 2.34. The molecule has 4 N–H and O–H groups in total. The Morgan fingerprint density at radius 2 is 1.78 bits per heavy atom. The normalized spacial score (nSPS) is 20.3. The number of nitrogen functional groups attached to an aromatic ring is 2. The third-order valence-electron chi connectivity index (χ3n) is 3.95. The van der Waals surface area contributed by atoms with E-state index in [1.54, 1.807) is 12.1 Å². The molecule has 1 aliphatic rings. The highest BCUT2D eigenvalue weighted by molar-refractivity contribution is 5.54. The van der Waals surface area contributed by atoms with E-state index < -0.39 is 6.36 Å². The van der Waals surface area contributed by atoms with Crippen LogP contribution in [0.3, 0.4) is 0 Å². The van der Waals surface area contributed by atoms with Gasteiger partial charge in [0, 0.05) is 11.5 Å². The summed E-state index contributed by atoms with van der Waals surface area (Å²) in [6, 6.07) is 5.78. The number of halogens is 3. The molecule has 0 spiro atoms. The average molecular weight is 324 g/mol. The van der Waals surface area contributed by atoms with Crippen molar-refractivity contribution in [1.82, 2.24) is 9.97 Å². The molecule has 3 rings (SSSR count). The predicted octanol–water partition coefficient (Wildman–Crippen LogP) is 3.18. The minimum atomic E-state index is -4.70. The maximum Gasteiger partial charge on any atom is 0.573 e. The number of aromatic nitrogens is 2.